The molecule has 0 spiro atoms. The fraction of sp³-hybridized carbons (Fsp3) is 0.344. The lowest BCUT2D eigenvalue weighted by atomic mass is 9.99. The van der Waals surface area contributed by atoms with Crippen LogP contribution in [0.5, 0.6) is 23.0 Å². The van der Waals surface area contributed by atoms with Crippen molar-refractivity contribution in [3.63, 3.8) is 0 Å². The highest BCUT2D eigenvalue weighted by Crippen LogP contribution is 2.39. The third kappa shape index (κ3) is 7.77. The molecule has 13 heteroatoms. The highest BCUT2D eigenvalue weighted by atomic mass is 32.2. The summed E-state index contributed by atoms with van der Waals surface area (Å²) in [6, 6.07) is 11.8. The van der Waals surface area contributed by atoms with Crippen molar-refractivity contribution in [3.8, 4) is 23.0 Å². The van der Waals surface area contributed by atoms with Crippen LogP contribution < -0.4 is 18.9 Å². The minimum Gasteiger partial charge on any atom is -0.493 e. The Kier molecular flexibility index (Phi) is 9.68. The van der Waals surface area contributed by atoms with E-state index in [1.807, 2.05) is 4.72 Å². The van der Waals surface area contributed by atoms with Gasteiger partial charge in [-0.05, 0) is 74.7 Å². The van der Waals surface area contributed by atoms with Gasteiger partial charge in [0.25, 0.3) is 10.0 Å². The number of ether oxygens (including phenoxy) is 3. The molecule has 1 aromatic heterocycles. The topological polar surface area (TPSA) is 90.0 Å². The molecule has 1 N–H and O–H groups in total. The number of anilines is 1. The quantitative estimate of drug-likeness (QED) is 0.133. The highest BCUT2D eigenvalue weighted by molar-refractivity contribution is 7.92. The predicted molar refractivity (Wildman–Crippen MR) is 162 cm³/mol. The molecular weight excluding hydrogens is 614 g/mol. The van der Waals surface area contributed by atoms with Gasteiger partial charge in [0.15, 0.2) is 23.1 Å². The van der Waals surface area contributed by atoms with Gasteiger partial charge in [-0.15, -0.1) is 0 Å². The number of fused-ring (bicyclic) bond motifs is 1. The molecule has 0 atom stereocenters. The van der Waals surface area contributed by atoms with Crippen LogP contribution in [0.1, 0.15) is 31.7 Å². The first-order chi connectivity index (χ1) is 21.4. The maximum atomic E-state index is 15.1. The Morgan fingerprint density at radius 3 is 2.44 bits per heavy atom. The first-order valence-electron chi connectivity index (χ1n) is 14.4. The number of likely N-dealkylation sites (tertiary alicyclic amines) is 1. The lowest BCUT2D eigenvalue weighted by Gasteiger charge is -2.30. The third-order valence-corrected chi connectivity index (χ3v) is 9.06. The van der Waals surface area contributed by atoms with Crippen molar-refractivity contribution < 1.29 is 40.2 Å². The molecule has 4 aromatic rings. The van der Waals surface area contributed by atoms with Crippen LogP contribution in [-0.2, 0) is 16.2 Å². The van der Waals surface area contributed by atoms with E-state index in [-0.39, 0.29) is 17.2 Å². The van der Waals surface area contributed by atoms with Crippen LogP contribution in [0, 0.1) is 11.7 Å². The minimum absolute atomic E-state index is 0.243. The van der Waals surface area contributed by atoms with E-state index in [0.29, 0.717) is 35.1 Å². The van der Waals surface area contributed by atoms with Gasteiger partial charge in [-0.3, -0.25) is 9.71 Å². The largest absolute Gasteiger partial charge is 0.493 e. The van der Waals surface area contributed by atoms with Gasteiger partial charge in [0, 0.05) is 30.3 Å². The lowest BCUT2D eigenvalue weighted by Crippen LogP contribution is -2.34. The number of methoxy groups -OCH3 is 1. The molecule has 240 valence electrons. The summed E-state index contributed by atoms with van der Waals surface area (Å²) in [7, 11) is -3.18. The molecule has 0 unspecified atom stereocenters. The SMILES string of the molecule is COc1cc2c(Oc3ccc(NS(=O)(=O)c4ccccc4C(F)(F)F)cc3F)ccnc2cc1OCCCN1CCC(C)CC1. The van der Waals surface area contributed by atoms with Gasteiger partial charge in [-0.2, -0.15) is 13.2 Å². The molecule has 8 nitrogen and oxygen atoms in total. The Morgan fingerprint density at radius 2 is 1.73 bits per heavy atom. The van der Waals surface area contributed by atoms with E-state index in [9.17, 15) is 21.6 Å². The van der Waals surface area contributed by atoms with Gasteiger partial charge >= 0.3 is 6.18 Å². The molecule has 5 rings (SSSR count). The summed E-state index contributed by atoms with van der Waals surface area (Å²) in [6.07, 6.45) is -0.134. The molecule has 45 heavy (non-hydrogen) atoms. The average molecular weight is 648 g/mol. The van der Waals surface area contributed by atoms with Crippen LogP contribution >= 0.6 is 0 Å². The highest BCUT2D eigenvalue weighted by Gasteiger charge is 2.37. The second-order valence-corrected chi connectivity index (χ2v) is 12.6. The smallest absolute Gasteiger partial charge is 0.417 e. The Labute approximate surface area is 259 Å². The standard InChI is InChI=1S/C32H33F4N3O5S/c1-21-11-15-39(16-12-21)14-5-17-43-30-20-26-23(19-29(30)42-2)27(10-13-37-26)44-28-9-8-22(18-25(28)33)38-45(40,41)31-7-4-3-6-24(31)32(34,35)36/h3-4,6-10,13,18-21,38H,5,11-12,14-17H2,1-2H3. The van der Waals surface area contributed by atoms with Crippen molar-refractivity contribution in [2.75, 3.05) is 38.1 Å². The van der Waals surface area contributed by atoms with Crippen molar-refractivity contribution >= 4 is 26.6 Å². The van der Waals surface area contributed by atoms with Gasteiger partial charge in [-0.25, -0.2) is 12.8 Å². The molecule has 1 aliphatic rings. The van der Waals surface area contributed by atoms with Crippen LogP contribution in [0.25, 0.3) is 10.9 Å². The van der Waals surface area contributed by atoms with E-state index in [4.69, 9.17) is 14.2 Å². The van der Waals surface area contributed by atoms with Crippen molar-refractivity contribution in [3.05, 3.63) is 78.2 Å². The fourth-order valence-corrected chi connectivity index (χ4v) is 6.43. The summed E-state index contributed by atoms with van der Waals surface area (Å²) in [5.74, 6) is 0.784. The van der Waals surface area contributed by atoms with E-state index in [2.05, 4.69) is 16.8 Å². The number of halogens is 4. The molecule has 0 aliphatic carbocycles. The van der Waals surface area contributed by atoms with Crippen LogP contribution in [0.2, 0.25) is 0 Å². The number of hydrogen-bond donors (Lipinski definition) is 1. The number of piperidine rings is 1. The first-order valence-corrected chi connectivity index (χ1v) is 15.9. The summed E-state index contributed by atoms with van der Waals surface area (Å²) in [5, 5.41) is 0.511. The second kappa shape index (κ2) is 13.5. The summed E-state index contributed by atoms with van der Waals surface area (Å²) >= 11 is 0. The molecule has 0 amide bonds. The van der Waals surface area contributed by atoms with Gasteiger partial charge in [0.05, 0.1) is 35.4 Å². The van der Waals surface area contributed by atoms with Gasteiger partial charge in [0.2, 0.25) is 0 Å². The number of pyridine rings is 1. The van der Waals surface area contributed by atoms with Gasteiger partial charge < -0.3 is 19.1 Å². The molecule has 1 saturated heterocycles. The number of nitrogens with zero attached hydrogens (tertiary/aromatic N) is 2. The zero-order valence-electron chi connectivity index (χ0n) is 24.7. The maximum Gasteiger partial charge on any atom is 0.417 e. The van der Waals surface area contributed by atoms with Crippen LogP contribution in [0.3, 0.4) is 0 Å². The zero-order valence-corrected chi connectivity index (χ0v) is 25.6. The average Bonchev–Trinajstić information content (AvgIpc) is 3.00. The maximum absolute atomic E-state index is 15.1. The zero-order chi connectivity index (χ0) is 32.2. The number of hydrogen-bond acceptors (Lipinski definition) is 7. The summed E-state index contributed by atoms with van der Waals surface area (Å²) in [4.78, 5) is 5.85. The Balaban J connectivity index is 1.29. The first kappa shape index (κ1) is 32.3. The Bertz CT molecular complexity index is 1760. The number of rotatable bonds is 11. The molecule has 0 saturated carbocycles. The predicted octanol–water partition coefficient (Wildman–Crippen LogP) is 7.50. The van der Waals surface area contributed by atoms with Crippen molar-refractivity contribution in [2.45, 2.75) is 37.3 Å². The summed E-state index contributed by atoms with van der Waals surface area (Å²) in [6.45, 7) is 5.92. The molecule has 1 aliphatic heterocycles. The molecule has 0 bridgehead atoms. The molecule has 2 heterocycles. The van der Waals surface area contributed by atoms with E-state index < -0.39 is 32.5 Å². The van der Waals surface area contributed by atoms with Crippen molar-refractivity contribution in [1.29, 1.82) is 0 Å². The van der Waals surface area contributed by atoms with Gasteiger partial charge in [0.1, 0.15) is 5.75 Å². The fourth-order valence-electron chi connectivity index (χ4n) is 5.16. The Hall–Kier alpha value is -4.10. The number of alkyl halides is 3. The molecule has 3 aromatic carbocycles. The summed E-state index contributed by atoms with van der Waals surface area (Å²) in [5.41, 5.74) is -1.10. The number of benzene rings is 3. The number of aromatic nitrogens is 1. The normalized spacial score (nSPS) is 14.8. The van der Waals surface area contributed by atoms with Gasteiger partial charge in [-0.1, -0.05) is 19.1 Å². The molecular formula is C32H33F4N3O5S. The van der Waals surface area contributed by atoms with E-state index in [1.54, 1.807) is 12.1 Å². The van der Waals surface area contributed by atoms with E-state index >= 15 is 4.39 Å². The van der Waals surface area contributed by atoms with Crippen molar-refractivity contribution in [2.24, 2.45) is 5.92 Å². The number of nitrogens with one attached hydrogen (secondary N) is 1. The minimum atomic E-state index is -4.90. The van der Waals surface area contributed by atoms with Crippen LogP contribution in [-0.4, -0.2) is 51.7 Å². The lowest BCUT2D eigenvalue weighted by molar-refractivity contribution is -0.139. The monoisotopic (exact) mass is 647 g/mol. The second-order valence-electron chi connectivity index (χ2n) is 10.9. The van der Waals surface area contributed by atoms with Crippen LogP contribution in [0.4, 0.5) is 23.2 Å². The number of sulfonamides is 1. The third-order valence-electron chi connectivity index (χ3n) is 7.63. The Morgan fingerprint density at radius 1 is 0.978 bits per heavy atom. The van der Waals surface area contributed by atoms with Crippen LogP contribution in [0.15, 0.2) is 71.8 Å². The summed E-state index contributed by atoms with van der Waals surface area (Å²) < 4.78 is 100. The van der Waals surface area contributed by atoms with E-state index in [1.165, 1.54) is 50.4 Å². The molecule has 0 radical (unpaired) electrons. The van der Waals surface area contributed by atoms with E-state index in [0.717, 1.165) is 50.2 Å². The van der Waals surface area contributed by atoms with Crippen molar-refractivity contribution in [1.82, 2.24) is 9.88 Å². The molecule has 1 fully saturated rings.